The highest BCUT2D eigenvalue weighted by atomic mass is 19.4. The number of imidazole rings is 1. The van der Waals surface area contributed by atoms with Crippen molar-refractivity contribution in [2.75, 3.05) is 5.32 Å². The van der Waals surface area contributed by atoms with Crippen LogP contribution in [-0.2, 0) is 6.18 Å². The molecule has 0 aliphatic carbocycles. The number of fused-ring (bicyclic) bond motifs is 1. The molecule has 4 aromatic rings. The minimum absolute atomic E-state index is 0.134. The largest absolute Gasteiger partial charge is 0.416 e. The van der Waals surface area contributed by atoms with Crippen LogP contribution in [0.3, 0.4) is 0 Å². The Bertz CT molecular complexity index is 1280. The molecule has 4 rings (SSSR count). The Morgan fingerprint density at radius 1 is 1.10 bits per heavy atom. The third kappa shape index (κ3) is 3.61. The highest BCUT2D eigenvalue weighted by molar-refractivity contribution is 6.02. The predicted octanol–water partition coefficient (Wildman–Crippen LogP) is 3.02. The lowest BCUT2D eigenvalue weighted by molar-refractivity contribution is -0.137. The summed E-state index contributed by atoms with van der Waals surface area (Å²) in [5.74, 6) is -0.599. The van der Waals surface area contributed by atoms with Gasteiger partial charge in [-0.05, 0) is 43.3 Å². The molecule has 0 aliphatic rings. The summed E-state index contributed by atoms with van der Waals surface area (Å²) in [7, 11) is 0. The van der Waals surface area contributed by atoms with Gasteiger partial charge in [-0.1, -0.05) is 6.07 Å². The van der Waals surface area contributed by atoms with Crippen LogP contribution < -0.4 is 11.0 Å². The molecular formula is C18H13F3N6O2. The van der Waals surface area contributed by atoms with Gasteiger partial charge in [0.05, 0.1) is 22.3 Å². The molecule has 0 bridgehead atoms. The van der Waals surface area contributed by atoms with Gasteiger partial charge in [0.25, 0.3) is 5.91 Å². The molecule has 3 N–H and O–H groups in total. The number of benzene rings is 2. The number of anilines is 1. The summed E-state index contributed by atoms with van der Waals surface area (Å²) in [6.45, 7) is 1.53. The van der Waals surface area contributed by atoms with Crippen LogP contribution in [0.2, 0.25) is 0 Å². The van der Waals surface area contributed by atoms with Crippen LogP contribution >= 0.6 is 0 Å². The van der Waals surface area contributed by atoms with Crippen LogP contribution in [0.1, 0.15) is 22.0 Å². The van der Waals surface area contributed by atoms with Crippen molar-refractivity contribution < 1.29 is 18.0 Å². The van der Waals surface area contributed by atoms with Crippen LogP contribution in [0.5, 0.6) is 0 Å². The van der Waals surface area contributed by atoms with E-state index in [1.807, 2.05) is 0 Å². The lowest BCUT2D eigenvalue weighted by atomic mass is 10.2. The molecule has 0 unspecified atom stereocenters. The molecule has 148 valence electrons. The number of halogens is 3. The van der Waals surface area contributed by atoms with E-state index in [0.29, 0.717) is 16.7 Å². The SMILES string of the molecule is Cc1nc(C(=O)Nc2ccc3[nH]c(=O)[nH]c3c2)nn1-c1cccc(C(F)(F)F)c1. The Morgan fingerprint density at radius 2 is 1.86 bits per heavy atom. The van der Waals surface area contributed by atoms with Gasteiger partial charge in [0.15, 0.2) is 0 Å². The van der Waals surface area contributed by atoms with Crippen molar-refractivity contribution in [3.8, 4) is 5.69 Å². The van der Waals surface area contributed by atoms with E-state index < -0.39 is 17.6 Å². The van der Waals surface area contributed by atoms with Crippen molar-refractivity contribution in [3.63, 3.8) is 0 Å². The molecule has 0 saturated carbocycles. The summed E-state index contributed by atoms with van der Waals surface area (Å²) in [5.41, 5.74) is 0.411. The fraction of sp³-hybridized carbons (Fsp3) is 0.111. The molecule has 11 heteroatoms. The van der Waals surface area contributed by atoms with Crippen molar-refractivity contribution in [2.24, 2.45) is 0 Å². The number of hydrogen-bond donors (Lipinski definition) is 3. The van der Waals surface area contributed by atoms with E-state index in [9.17, 15) is 22.8 Å². The van der Waals surface area contributed by atoms with Crippen molar-refractivity contribution in [1.29, 1.82) is 0 Å². The van der Waals surface area contributed by atoms with E-state index in [4.69, 9.17) is 0 Å². The summed E-state index contributed by atoms with van der Waals surface area (Å²) in [6.07, 6.45) is -4.50. The maximum absolute atomic E-state index is 12.9. The Kier molecular flexibility index (Phi) is 4.22. The number of amides is 1. The molecule has 2 aromatic heterocycles. The highest BCUT2D eigenvalue weighted by Gasteiger charge is 2.30. The zero-order chi connectivity index (χ0) is 20.8. The van der Waals surface area contributed by atoms with Crippen LogP contribution in [0, 0.1) is 6.92 Å². The average Bonchev–Trinajstić information content (AvgIpc) is 3.22. The molecule has 0 radical (unpaired) electrons. The first-order valence-electron chi connectivity index (χ1n) is 8.35. The maximum atomic E-state index is 12.9. The molecule has 0 saturated heterocycles. The third-order valence-electron chi connectivity index (χ3n) is 4.16. The molecule has 1 amide bonds. The van der Waals surface area contributed by atoms with Crippen molar-refractivity contribution >= 4 is 22.6 Å². The van der Waals surface area contributed by atoms with Crippen molar-refractivity contribution in [2.45, 2.75) is 13.1 Å². The summed E-state index contributed by atoms with van der Waals surface area (Å²) in [6, 6.07) is 9.33. The van der Waals surface area contributed by atoms with E-state index in [1.54, 1.807) is 18.2 Å². The van der Waals surface area contributed by atoms with Gasteiger partial charge >= 0.3 is 11.9 Å². The number of carbonyl (C=O) groups is 1. The number of nitrogens with one attached hydrogen (secondary N) is 3. The van der Waals surface area contributed by atoms with Gasteiger partial charge in [-0.3, -0.25) is 4.79 Å². The molecule has 2 aromatic carbocycles. The molecule has 2 heterocycles. The van der Waals surface area contributed by atoms with E-state index in [2.05, 4.69) is 25.4 Å². The Labute approximate surface area is 160 Å². The normalized spacial score (nSPS) is 11.7. The summed E-state index contributed by atoms with van der Waals surface area (Å²) < 4.78 is 40.0. The molecule has 0 spiro atoms. The molecule has 0 atom stereocenters. The number of hydrogen-bond acceptors (Lipinski definition) is 4. The molecule has 29 heavy (non-hydrogen) atoms. The van der Waals surface area contributed by atoms with Crippen molar-refractivity contribution in [3.05, 3.63) is 70.2 Å². The fourth-order valence-corrected chi connectivity index (χ4v) is 2.84. The third-order valence-corrected chi connectivity index (χ3v) is 4.16. The van der Waals surface area contributed by atoms with Gasteiger partial charge in [0.2, 0.25) is 5.82 Å². The van der Waals surface area contributed by atoms with Crippen LogP contribution in [0.15, 0.2) is 47.3 Å². The number of aromatic nitrogens is 5. The first-order valence-corrected chi connectivity index (χ1v) is 8.35. The highest BCUT2D eigenvalue weighted by Crippen LogP contribution is 2.30. The number of aromatic amines is 2. The van der Waals surface area contributed by atoms with Gasteiger partial charge in [-0.15, -0.1) is 5.10 Å². The monoisotopic (exact) mass is 402 g/mol. The molecule has 0 fully saturated rings. The van der Waals surface area contributed by atoms with E-state index in [1.165, 1.54) is 19.1 Å². The molecular weight excluding hydrogens is 389 g/mol. The van der Waals surface area contributed by atoms with Gasteiger partial charge < -0.3 is 15.3 Å². The first kappa shape index (κ1) is 18.5. The van der Waals surface area contributed by atoms with E-state index in [-0.39, 0.29) is 23.0 Å². The zero-order valence-electron chi connectivity index (χ0n) is 14.8. The average molecular weight is 402 g/mol. The number of carbonyl (C=O) groups excluding carboxylic acids is 1. The number of H-pyrrole nitrogens is 2. The van der Waals surface area contributed by atoms with Gasteiger partial charge in [-0.2, -0.15) is 13.2 Å². The first-order chi connectivity index (χ1) is 13.7. The van der Waals surface area contributed by atoms with Gasteiger partial charge in [0.1, 0.15) is 5.82 Å². The Morgan fingerprint density at radius 3 is 2.62 bits per heavy atom. The lowest BCUT2D eigenvalue weighted by Gasteiger charge is -2.09. The standard InChI is InChI=1S/C18H13F3N6O2/c1-9-22-15(26-27(9)12-4-2-3-10(7-12)18(19,20)21)16(28)23-11-5-6-13-14(8-11)25-17(29)24-13/h2-8H,1H3,(H,23,28)(H2,24,25,29). The fourth-order valence-electron chi connectivity index (χ4n) is 2.84. The van der Waals surface area contributed by atoms with Crippen LogP contribution in [-0.4, -0.2) is 30.6 Å². The number of nitrogens with zero attached hydrogens (tertiary/aromatic N) is 3. The van der Waals surface area contributed by atoms with E-state index in [0.717, 1.165) is 16.8 Å². The minimum atomic E-state index is -4.50. The minimum Gasteiger partial charge on any atom is -0.319 e. The summed E-state index contributed by atoms with van der Waals surface area (Å²) in [4.78, 5) is 33.0. The second-order valence-electron chi connectivity index (χ2n) is 6.24. The quantitative estimate of drug-likeness (QED) is 0.489. The second-order valence-corrected chi connectivity index (χ2v) is 6.24. The lowest BCUT2D eigenvalue weighted by Crippen LogP contribution is -2.14. The van der Waals surface area contributed by atoms with Crippen LogP contribution in [0.25, 0.3) is 16.7 Å². The van der Waals surface area contributed by atoms with Gasteiger partial charge in [0, 0.05) is 5.69 Å². The smallest absolute Gasteiger partial charge is 0.319 e. The van der Waals surface area contributed by atoms with Crippen molar-refractivity contribution in [1.82, 2.24) is 24.7 Å². The summed E-state index contributed by atoms with van der Waals surface area (Å²) >= 11 is 0. The Hall–Kier alpha value is -3.89. The van der Waals surface area contributed by atoms with Gasteiger partial charge in [-0.25, -0.2) is 14.5 Å². The molecule has 8 nitrogen and oxygen atoms in total. The van der Waals surface area contributed by atoms with E-state index >= 15 is 0 Å². The maximum Gasteiger partial charge on any atom is 0.416 e. The number of rotatable bonds is 3. The van der Waals surface area contributed by atoms with Crippen LogP contribution in [0.4, 0.5) is 18.9 Å². The number of alkyl halides is 3. The topological polar surface area (TPSA) is 108 Å². The molecule has 0 aliphatic heterocycles. The zero-order valence-corrected chi connectivity index (χ0v) is 14.8. The second kappa shape index (κ2) is 6.62. The summed E-state index contributed by atoms with van der Waals surface area (Å²) in [5, 5.41) is 6.62. The number of aryl methyl sites for hydroxylation is 1. The predicted molar refractivity (Wildman–Crippen MR) is 98.0 cm³/mol. The Balaban J connectivity index is 1.61.